The van der Waals surface area contributed by atoms with E-state index in [0.717, 1.165) is 11.1 Å². The van der Waals surface area contributed by atoms with Crippen LogP contribution in [0.1, 0.15) is 49.7 Å². The largest absolute Gasteiger partial charge is 0.480 e. The number of alkyl carbamates (subject to hydrolysis) is 1. The van der Waals surface area contributed by atoms with Crippen molar-refractivity contribution in [2.45, 2.75) is 56.7 Å². The Balaban J connectivity index is 1.26. The monoisotopic (exact) mass is 480 g/mol. The van der Waals surface area contributed by atoms with Gasteiger partial charge in [-0.3, -0.25) is 4.79 Å². The van der Waals surface area contributed by atoms with Gasteiger partial charge in [0.05, 0.1) is 6.10 Å². The number of benzene rings is 2. The molecule has 0 unspecified atom stereocenters. The summed E-state index contributed by atoms with van der Waals surface area (Å²) >= 11 is 0. The van der Waals surface area contributed by atoms with E-state index in [-0.39, 0.29) is 30.4 Å². The van der Waals surface area contributed by atoms with E-state index in [9.17, 15) is 19.5 Å². The molecule has 2 aliphatic carbocycles. The number of ether oxygens (including phenoxy) is 2. The summed E-state index contributed by atoms with van der Waals surface area (Å²) in [6, 6.07) is 15.2. The van der Waals surface area contributed by atoms with Crippen LogP contribution < -0.4 is 10.6 Å². The van der Waals surface area contributed by atoms with E-state index in [1.165, 1.54) is 18.2 Å². The molecule has 3 N–H and O–H groups in total. The number of rotatable bonds is 8. The molecule has 2 amide bonds. The Bertz CT molecular complexity index is 1030. The summed E-state index contributed by atoms with van der Waals surface area (Å²) in [5.74, 6) is -1.70. The minimum absolute atomic E-state index is 0.00394. The first kappa shape index (κ1) is 24.7. The van der Waals surface area contributed by atoms with E-state index in [0.29, 0.717) is 25.7 Å². The zero-order valence-corrected chi connectivity index (χ0v) is 20.0. The van der Waals surface area contributed by atoms with Crippen LogP contribution in [0, 0.1) is 5.92 Å². The first-order valence-corrected chi connectivity index (χ1v) is 12.1. The van der Waals surface area contributed by atoms with Crippen LogP contribution in [-0.2, 0) is 19.1 Å². The number of hydrogen-bond acceptors (Lipinski definition) is 5. The van der Waals surface area contributed by atoms with Crippen LogP contribution in [0.2, 0.25) is 0 Å². The molecule has 2 aromatic rings. The molecule has 4 rings (SSSR count). The van der Waals surface area contributed by atoms with Crippen LogP contribution in [0.5, 0.6) is 0 Å². The minimum Gasteiger partial charge on any atom is -0.480 e. The normalized spacial score (nSPS) is 20.7. The van der Waals surface area contributed by atoms with Gasteiger partial charge >= 0.3 is 12.1 Å². The average molecular weight is 481 g/mol. The molecule has 0 aromatic heterocycles. The zero-order valence-electron chi connectivity index (χ0n) is 20.0. The second-order valence-electron chi connectivity index (χ2n) is 9.28. The third kappa shape index (κ3) is 5.48. The van der Waals surface area contributed by atoms with Gasteiger partial charge in [-0.2, -0.15) is 0 Å². The first-order valence-electron chi connectivity index (χ1n) is 12.1. The number of fused-ring (bicyclic) bond motifs is 3. The van der Waals surface area contributed by atoms with Crippen molar-refractivity contribution in [3.8, 4) is 11.1 Å². The lowest BCUT2D eigenvalue weighted by molar-refractivity contribution is -0.146. The predicted octanol–water partition coefficient (Wildman–Crippen LogP) is 3.69. The number of carbonyl (C=O) groups is 3. The Labute approximate surface area is 205 Å². The fourth-order valence-corrected chi connectivity index (χ4v) is 5.09. The van der Waals surface area contributed by atoms with Crippen LogP contribution in [-0.4, -0.2) is 55.0 Å². The molecule has 0 aliphatic heterocycles. The van der Waals surface area contributed by atoms with E-state index < -0.39 is 24.2 Å². The summed E-state index contributed by atoms with van der Waals surface area (Å²) < 4.78 is 10.7. The van der Waals surface area contributed by atoms with E-state index in [2.05, 4.69) is 34.9 Å². The Kier molecular flexibility index (Phi) is 7.70. The number of aliphatic carboxylic acids is 1. The summed E-state index contributed by atoms with van der Waals surface area (Å²) in [6.45, 7) is 1.86. The molecule has 0 spiro atoms. The SMILES string of the molecule is CO[C@H](C)[C@H](NC(=O)C1CCC(NC(=O)OCC2c3ccccc3-c3ccccc32)CC1)C(=O)O. The number of carboxylic acids is 1. The molecule has 0 bridgehead atoms. The summed E-state index contributed by atoms with van der Waals surface area (Å²) in [5.41, 5.74) is 4.68. The standard InChI is InChI=1S/C27H32N2O6/c1-16(34-2)24(26(31)32)29-25(30)17-11-13-18(14-12-17)28-27(33)35-15-23-21-9-5-3-7-19(21)20-8-4-6-10-22(20)23/h3-10,16-18,23-24H,11-15H2,1-2H3,(H,28,33)(H,29,30)(H,31,32)/t16-,17?,18?,24+/m1/s1. The van der Waals surface area contributed by atoms with Gasteiger partial charge in [-0.25, -0.2) is 9.59 Å². The molecule has 2 aromatic carbocycles. The molecule has 8 nitrogen and oxygen atoms in total. The highest BCUT2D eigenvalue weighted by atomic mass is 16.5. The van der Waals surface area contributed by atoms with Crippen molar-refractivity contribution in [1.29, 1.82) is 0 Å². The maximum atomic E-state index is 12.6. The Hall–Kier alpha value is -3.39. The van der Waals surface area contributed by atoms with Crippen molar-refractivity contribution >= 4 is 18.0 Å². The summed E-state index contributed by atoms with van der Waals surface area (Å²) in [7, 11) is 1.41. The van der Waals surface area contributed by atoms with Gasteiger partial charge in [0.1, 0.15) is 6.61 Å². The molecular weight excluding hydrogens is 448 g/mol. The Morgan fingerprint density at radius 2 is 1.54 bits per heavy atom. The highest BCUT2D eigenvalue weighted by Crippen LogP contribution is 2.44. The molecule has 0 radical (unpaired) electrons. The number of carbonyl (C=O) groups excluding carboxylic acids is 2. The van der Waals surface area contributed by atoms with Gasteiger partial charge in [0.2, 0.25) is 5.91 Å². The molecule has 2 atom stereocenters. The third-order valence-electron chi connectivity index (χ3n) is 7.17. The number of hydrogen-bond donors (Lipinski definition) is 3. The third-order valence-corrected chi connectivity index (χ3v) is 7.17. The molecular formula is C27H32N2O6. The number of amides is 2. The van der Waals surface area contributed by atoms with E-state index >= 15 is 0 Å². The molecule has 1 fully saturated rings. The fourth-order valence-electron chi connectivity index (χ4n) is 5.09. The van der Waals surface area contributed by atoms with Crippen LogP contribution in [0.25, 0.3) is 11.1 Å². The van der Waals surface area contributed by atoms with Gasteiger partial charge < -0.3 is 25.2 Å². The van der Waals surface area contributed by atoms with Gasteiger partial charge in [0, 0.05) is 25.0 Å². The lowest BCUT2D eigenvalue weighted by Gasteiger charge is -2.29. The summed E-state index contributed by atoms with van der Waals surface area (Å²) in [4.78, 5) is 36.5. The van der Waals surface area contributed by atoms with E-state index in [1.807, 2.05) is 24.3 Å². The molecule has 1 saturated carbocycles. The van der Waals surface area contributed by atoms with Crippen LogP contribution in [0.4, 0.5) is 4.79 Å². The maximum Gasteiger partial charge on any atom is 0.407 e. The molecule has 186 valence electrons. The van der Waals surface area contributed by atoms with Gasteiger partial charge in [-0.1, -0.05) is 48.5 Å². The zero-order chi connectivity index (χ0) is 24.9. The lowest BCUT2D eigenvalue weighted by Crippen LogP contribution is -2.51. The summed E-state index contributed by atoms with van der Waals surface area (Å²) in [5, 5.41) is 14.9. The van der Waals surface area contributed by atoms with Crippen LogP contribution in [0.15, 0.2) is 48.5 Å². The van der Waals surface area contributed by atoms with Crippen molar-refractivity contribution in [2.24, 2.45) is 5.92 Å². The summed E-state index contributed by atoms with van der Waals surface area (Å²) in [6.07, 6.45) is 1.28. The Morgan fingerprint density at radius 3 is 2.09 bits per heavy atom. The topological polar surface area (TPSA) is 114 Å². The van der Waals surface area contributed by atoms with Crippen molar-refractivity contribution in [1.82, 2.24) is 10.6 Å². The van der Waals surface area contributed by atoms with Gasteiger partial charge in [-0.15, -0.1) is 0 Å². The second-order valence-corrected chi connectivity index (χ2v) is 9.28. The number of methoxy groups -OCH3 is 1. The van der Waals surface area contributed by atoms with Crippen molar-refractivity contribution in [2.75, 3.05) is 13.7 Å². The highest BCUT2D eigenvalue weighted by molar-refractivity contribution is 5.85. The van der Waals surface area contributed by atoms with Gasteiger partial charge in [-0.05, 0) is 54.9 Å². The van der Waals surface area contributed by atoms with E-state index in [1.54, 1.807) is 6.92 Å². The Morgan fingerprint density at radius 1 is 0.971 bits per heavy atom. The predicted molar refractivity (Wildman–Crippen MR) is 130 cm³/mol. The van der Waals surface area contributed by atoms with Crippen LogP contribution >= 0.6 is 0 Å². The van der Waals surface area contributed by atoms with Crippen molar-refractivity contribution in [3.05, 3.63) is 59.7 Å². The van der Waals surface area contributed by atoms with Crippen molar-refractivity contribution < 1.29 is 29.0 Å². The molecule has 2 aliphatic rings. The minimum atomic E-state index is -1.13. The van der Waals surface area contributed by atoms with Gasteiger partial charge in [0.25, 0.3) is 0 Å². The second kappa shape index (κ2) is 10.9. The van der Waals surface area contributed by atoms with Gasteiger partial charge in [0.15, 0.2) is 6.04 Å². The van der Waals surface area contributed by atoms with Crippen molar-refractivity contribution in [3.63, 3.8) is 0 Å². The molecule has 0 saturated heterocycles. The fraction of sp³-hybridized carbons (Fsp3) is 0.444. The first-order chi connectivity index (χ1) is 16.9. The smallest absolute Gasteiger partial charge is 0.407 e. The molecule has 0 heterocycles. The molecule has 8 heteroatoms. The lowest BCUT2D eigenvalue weighted by atomic mass is 9.85. The highest BCUT2D eigenvalue weighted by Gasteiger charge is 2.33. The average Bonchev–Trinajstić information content (AvgIpc) is 3.19. The maximum absolute atomic E-state index is 12.6. The number of carboxylic acid groups (broad SMARTS) is 1. The van der Waals surface area contributed by atoms with Crippen LogP contribution in [0.3, 0.4) is 0 Å². The molecule has 35 heavy (non-hydrogen) atoms. The number of nitrogens with one attached hydrogen (secondary N) is 2. The van der Waals surface area contributed by atoms with E-state index in [4.69, 9.17) is 9.47 Å². The quantitative estimate of drug-likeness (QED) is 0.531.